The molecule has 0 aliphatic carbocycles. The van der Waals surface area contributed by atoms with Gasteiger partial charge in [0.1, 0.15) is 6.10 Å². The first kappa shape index (κ1) is 11.3. The number of pyridine rings is 1. The van der Waals surface area contributed by atoms with E-state index in [9.17, 15) is 5.11 Å². The average Bonchev–Trinajstić information content (AvgIpc) is 2.82. The third-order valence-corrected chi connectivity index (χ3v) is 3.18. The molecule has 3 rings (SSSR count). The number of H-pyrrole nitrogens is 1. The van der Waals surface area contributed by atoms with Crippen LogP contribution < -0.4 is 0 Å². The number of aliphatic hydroxyl groups excluding tert-OH is 1. The van der Waals surface area contributed by atoms with E-state index in [0.717, 1.165) is 22.2 Å². The number of hydrogen-bond acceptors (Lipinski definition) is 2. The van der Waals surface area contributed by atoms with E-state index < -0.39 is 6.10 Å². The summed E-state index contributed by atoms with van der Waals surface area (Å²) in [5.41, 5.74) is 2.47. The first-order chi connectivity index (χ1) is 8.74. The number of aromatic nitrogens is 2. The van der Waals surface area contributed by atoms with Crippen molar-refractivity contribution in [3.8, 4) is 0 Å². The highest BCUT2D eigenvalue weighted by molar-refractivity contribution is 6.30. The Morgan fingerprint density at radius 3 is 2.67 bits per heavy atom. The topological polar surface area (TPSA) is 48.9 Å². The number of benzene rings is 1. The molecule has 18 heavy (non-hydrogen) atoms. The van der Waals surface area contributed by atoms with E-state index in [1.54, 1.807) is 24.5 Å². The number of rotatable bonds is 2. The SMILES string of the molecule is O[C@H](c1ccc(Cl)cc1)c1cc2ccncc2[nH]1. The summed E-state index contributed by atoms with van der Waals surface area (Å²) in [5, 5.41) is 12.0. The first-order valence-corrected chi connectivity index (χ1v) is 5.98. The molecule has 0 spiro atoms. The molecule has 0 saturated heterocycles. The standard InChI is InChI=1S/C14H11ClN2O/c15-11-3-1-9(2-4-11)14(18)12-7-10-5-6-16-8-13(10)17-12/h1-8,14,17-18H/t14-/m1/s1. The minimum absolute atomic E-state index is 0.659. The Labute approximate surface area is 109 Å². The number of nitrogens with zero attached hydrogens (tertiary/aromatic N) is 1. The van der Waals surface area contributed by atoms with Crippen molar-refractivity contribution in [1.29, 1.82) is 0 Å². The van der Waals surface area contributed by atoms with Gasteiger partial charge in [-0.3, -0.25) is 4.98 Å². The van der Waals surface area contributed by atoms with E-state index in [0.29, 0.717) is 5.02 Å². The number of aromatic amines is 1. The molecule has 90 valence electrons. The minimum atomic E-state index is -0.685. The summed E-state index contributed by atoms with van der Waals surface area (Å²) in [7, 11) is 0. The van der Waals surface area contributed by atoms with Gasteiger partial charge in [-0.05, 0) is 29.8 Å². The molecule has 2 aromatic heterocycles. The highest BCUT2D eigenvalue weighted by Gasteiger charge is 2.12. The highest BCUT2D eigenvalue weighted by Crippen LogP contribution is 2.25. The Bertz CT molecular complexity index is 643. The Morgan fingerprint density at radius 1 is 1.17 bits per heavy atom. The van der Waals surface area contributed by atoms with Crippen LogP contribution in [0.5, 0.6) is 0 Å². The molecule has 0 fully saturated rings. The van der Waals surface area contributed by atoms with Crippen molar-refractivity contribution in [1.82, 2.24) is 9.97 Å². The molecule has 3 nitrogen and oxygen atoms in total. The lowest BCUT2D eigenvalue weighted by Gasteiger charge is -2.08. The molecule has 0 amide bonds. The van der Waals surface area contributed by atoms with Crippen LogP contribution in [0.25, 0.3) is 10.9 Å². The van der Waals surface area contributed by atoms with Gasteiger partial charge in [0.2, 0.25) is 0 Å². The van der Waals surface area contributed by atoms with Gasteiger partial charge in [0.15, 0.2) is 0 Å². The molecule has 0 saturated carbocycles. The van der Waals surface area contributed by atoms with Crippen LogP contribution in [0.4, 0.5) is 0 Å². The summed E-state index contributed by atoms with van der Waals surface area (Å²) in [6, 6.07) is 11.0. The molecule has 1 atom stereocenters. The van der Waals surface area contributed by atoms with Gasteiger partial charge in [0.05, 0.1) is 11.7 Å². The molecule has 0 unspecified atom stereocenters. The third kappa shape index (κ3) is 1.98. The van der Waals surface area contributed by atoms with Gasteiger partial charge in [-0.1, -0.05) is 23.7 Å². The normalized spacial score (nSPS) is 12.8. The molecule has 3 aromatic rings. The quantitative estimate of drug-likeness (QED) is 0.741. The summed E-state index contributed by atoms with van der Waals surface area (Å²) in [4.78, 5) is 7.20. The van der Waals surface area contributed by atoms with Crippen LogP contribution in [0, 0.1) is 0 Å². The van der Waals surface area contributed by atoms with Gasteiger partial charge < -0.3 is 10.1 Å². The van der Waals surface area contributed by atoms with Crippen LogP contribution in [0.3, 0.4) is 0 Å². The van der Waals surface area contributed by atoms with Crippen LogP contribution in [0.15, 0.2) is 48.8 Å². The van der Waals surface area contributed by atoms with Gasteiger partial charge in [-0.2, -0.15) is 0 Å². The van der Waals surface area contributed by atoms with Crippen molar-refractivity contribution in [3.63, 3.8) is 0 Å². The van der Waals surface area contributed by atoms with Crippen LogP contribution >= 0.6 is 11.6 Å². The number of aliphatic hydroxyl groups is 1. The monoisotopic (exact) mass is 258 g/mol. The van der Waals surface area contributed by atoms with Crippen molar-refractivity contribution in [2.24, 2.45) is 0 Å². The second-order valence-corrected chi connectivity index (χ2v) is 4.58. The second kappa shape index (κ2) is 4.44. The molecular weight excluding hydrogens is 248 g/mol. The average molecular weight is 259 g/mol. The number of halogens is 1. The van der Waals surface area contributed by atoms with Crippen molar-refractivity contribution in [2.75, 3.05) is 0 Å². The summed E-state index contributed by atoms with van der Waals surface area (Å²) >= 11 is 5.83. The highest BCUT2D eigenvalue weighted by atomic mass is 35.5. The second-order valence-electron chi connectivity index (χ2n) is 4.14. The van der Waals surface area contributed by atoms with E-state index in [4.69, 9.17) is 11.6 Å². The fourth-order valence-electron chi connectivity index (χ4n) is 1.97. The first-order valence-electron chi connectivity index (χ1n) is 5.60. The summed E-state index contributed by atoms with van der Waals surface area (Å²) < 4.78 is 0. The third-order valence-electron chi connectivity index (χ3n) is 2.93. The van der Waals surface area contributed by atoms with E-state index in [-0.39, 0.29) is 0 Å². The zero-order valence-corrected chi connectivity index (χ0v) is 10.2. The number of nitrogens with one attached hydrogen (secondary N) is 1. The predicted molar refractivity (Wildman–Crippen MR) is 71.6 cm³/mol. The van der Waals surface area contributed by atoms with Crippen LogP contribution in [-0.2, 0) is 0 Å². The molecule has 0 aliphatic heterocycles. The van der Waals surface area contributed by atoms with Crippen LogP contribution in [-0.4, -0.2) is 15.1 Å². The molecule has 0 aliphatic rings. The van der Waals surface area contributed by atoms with Crippen LogP contribution in [0.2, 0.25) is 5.02 Å². The largest absolute Gasteiger partial charge is 0.382 e. The summed E-state index contributed by atoms with van der Waals surface area (Å²) in [5.74, 6) is 0. The maximum absolute atomic E-state index is 10.3. The Hall–Kier alpha value is -1.84. The maximum atomic E-state index is 10.3. The molecule has 0 bridgehead atoms. The van der Waals surface area contributed by atoms with Gasteiger partial charge in [-0.15, -0.1) is 0 Å². The lowest BCUT2D eigenvalue weighted by atomic mass is 10.1. The molecule has 2 heterocycles. The van der Waals surface area contributed by atoms with Gasteiger partial charge in [0, 0.05) is 22.3 Å². The number of hydrogen-bond donors (Lipinski definition) is 2. The zero-order valence-electron chi connectivity index (χ0n) is 9.47. The van der Waals surface area contributed by atoms with E-state index in [1.165, 1.54) is 0 Å². The minimum Gasteiger partial charge on any atom is -0.382 e. The fourth-order valence-corrected chi connectivity index (χ4v) is 2.09. The lowest BCUT2D eigenvalue weighted by Crippen LogP contribution is -1.99. The van der Waals surface area contributed by atoms with E-state index in [1.807, 2.05) is 24.3 Å². The lowest BCUT2D eigenvalue weighted by molar-refractivity contribution is 0.216. The molecule has 1 aromatic carbocycles. The summed E-state index contributed by atoms with van der Waals surface area (Å²) in [6.07, 6.45) is 2.79. The predicted octanol–water partition coefficient (Wildman–Crippen LogP) is 3.30. The summed E-state index contributed by atoms with van der Waals surface area (Å²) in [6.45, 7) is 0. The van der Waals surface area contributed by atoms with Gasteiger partial charge in [0.25, 0.3) is 0 Å². The van der Waals surface area contributed by atoms with Crippen molar-refractivity contribution < 1.29 is 5.11 Å². The molecule has 0 radical (unpaired) electrons. The van der Waals surface area contributed by atoms with Gasteiger partial charge in [-0.25, -0.2) is 0 Å². The molecular formula is C14H11ClN2O. The fraction of sp³-hybridized carbons (Fsp3) is 0.0714. The maximum Gasteiger partial charge on any atom is 0.119 e. The van der Waals surface area contributed by atoms with Gasteiger partial charge >= 0.3 is 0 Å². The van der Waals surface area contributed by atoms with Crippen molar-refractivity contribution in [3.05, 3.63) is 65.1 Å². The Morgan fingerprint density at radius 2 is 1.94 bits per heavy atom. The van der Waals surface area contributed by atoms with E-state index >= 15 is 0 Å². The number of fused-ring (bicyclic) bond motifs is 1. The van der Waals surface area contributed by atoms with E-state index in [2.05, 4.69) is 9.97 Å². The van der Waals surface area contributed by atoms with Crippen molar-refractivity contribution in [2.45, 2.75) is 6.10 Å². The van der Waals surface area contributed by atoms with Crippen molar-refractivity contribution >= 4 is 22.5 Å². The molecule has 2 N–H and O–H groups in total. The smallest absolute Gasteiger partial charge is 0.119 e. The molecule has 4 heteroatoms. The Balaban J connectivity index is 2.00. The zero-order chi connectivity index (χ0) is 12.5. The Kier molecular flexibility index (Phi) is 2.78. The van der Waals surface area contributed by atoms with Crippen LogP contribution in [0.1, 0.15) is 17.4 Å².